The number of hydrogen-bond donors (Lipinski definition) is 1. The first kappa shape index (κ1) is 12.6. The van der Waals surface area contributed by atoms with E-state index < -0.39 is 0 Å². The molecule has 3 rings (SSSR count). The van der Waals surface area contributed by atoms with Gasteiger partial charge < -0.3 is 5.73 Å². The number of nitrogen functional groups attached to an aromatic ring is 1. The van der Waals surface area contributed by atoms with Crippen LogP contribution in [0.2, 0.25) is 0 Å². The lowest BCUT2D eigenvalue weighted by Gasteiger charge is -2.10. The molecule has 19 heavy (non-hydrogen) atoms. The second-order valence-electron chi connectivity index (χ2n) is 4.11. The van der Waals surface area contributed by atoms with Crippen molar-refractivity contribution in [2.24, 2.45) is 0 Å². The molecule has 2 aromatic carbocycles. The van der Waals surface area contributed by atoms with Crippen molar-refractivity contribution in [1.29, 1.82) is 0 Å². The molecule has 0 unspecified atom stereocenters. The Bertz CT molecular complexity index is 752. The summed E-state index contributed by atoms with van der Waals surface area (Å²) < 4.78 is 3.00. The van der Waals surface area contributed by atoms with E-state index in [4.69, 9.17) is 5.73 Å². The molecule has 1 aromatic heterocycles. The number of halogens is 1. The van der Waals surface area contributed by atoms with Gasteiger partial charge in [-0.25, -0.2) is 4.98 Å². The van der Waals surface area contributed by atoms with Gasteiger partial charge in [-0.05, 0) is 36.6 Å². The second-order valence-corrected chi connectivity index (χ2v) is 5.87. The van der Waals surface area contributed by atoms with E-state index in [-0.39, 0.29) is 0 Å². The van der Waals surface area contributed by atoms with E-state index in [2.05, 4.69) is 39.3 Å². The van der Waals surface area contributed by atoms with E-state index in [1.165, 1.54) is 4.90 Å². The summed E-state index contributed by atoms with van der Waals surface area (Å²) in [5.41, 5.74) is 9.06. The standard InChI is InChI=1S/C14H12BrN3S/c1-19-13-5-3-2-4-12(13)18-11-7-6-9(15)8-10(11)17-14(18)16/h2-8H,1H3,(H2,16,17). The Kier molecular flexibility index (Phi) is 3.24. The number of anilines is 1. The van der Waals surface area contributed by atoms with Crippen molar-refractivity contribution >= 4 is 44.7 Å². The van der Waals surface area contributed by atoms with Gasteiger partial charge in [0, 0.05) is 9.37 Å². The van der Waals surface area contributed by atoms with Crippen LogP contribution in [0, 0.1) is 0 Å². The number of nitrogens with two attached hydrogens (primary N) is 1. The summed E-state index contributed by atoms with van der Waals surface area (Å²) in [6.45, 7) is 0. The number of aromatic nitrogens is 2. The average Bonchev–Trinajstić information content (AvgIpc) is 2.73. The molecule has 3 aromatic rings. The fourth-order valence-electron chi connectivity index (χ4n) is 2.14. The molecule has 0 aliphatic heterocycles. The van der Waals surface area contributed by atoms with Crippen LogP contribution in [-0.4, -0.2) is 15.8 Å². The van der Waals surface area contributed by atoms with Crippen molar-refractivity contribution in [1.82, 2.24) is 9.55 Å². The lowest BCUT2D eigenvalue weighted by Crippen LogP contribution is -2.01. The van der Waals surface area contributed by atoms with Crippen molar-refractivity contribution in [2.75, 3.05) is 12.0 Å². The molecule has 1 heterocycles. The van der Waals surface area contributed by atoms with Crippen LogP contribution in [0.5, 0.6) is 0 Å². The van der Waals surface area contributed by atoms with Gasteiger partial charge in [0.05, 0.1) is 16.7 Å². The lowest BCUT2D eigenvalue weighted by atomic mass is 10.3. The van der Waals surface area contributed by atoms with Crippen LogP contribution in [0.1, 0.15) is 0 Å². The SMILES string of the molecule is CSc1ccccc1-n1c(N)nc2cc(Br)ccc21. The van der Waals surface area contributed by atoms with E-state index in [9.17, 15) is 0 Å². The van der Waals surface area contributed by atoms with Crippen LogP contribution in [-0.2, 0) is 0 Å². The Labute approximate surface area is 124 Å². The fraction of sp³-hybridized carbons (Fsp3) is 0.0714. The van der Waals surface area contributed by atoms with Gasteiger partial charge in [0.15, 0.2) is 0 Å². The Morgan fingerprint density at radius 2 is 2.00 bits per heavy atom. The van der Waals surface area contributed by atoms with Crippen molar-refractivity contribution in [3.05, 3.63) is 46.9 Å². The molecule has 0 atom stereocenters. The zero-order valence-electron chi connectivity index (χ0n) is 10.3. The van der Waals surface area contributed by atoms with Gasteiger partial charge in [-0.15, -0.1) is 11.8 Å². The van der Waals surface area contributed by atoms with Crippen LogP contribution >= 0.6 is 27.7 Å². The maximum Gasteiger partial charge on any atom is 0.205 e. The average molecular weight is 334 g/mol. The minimum atomic E-state index is 0.509. The highest BCUT2D eigenvalue weighted by Gasteiger charge is 2.12. The summed E-state index contributed by atoms with van der Waals surface area (Å²) in [4.78, 5) is 5.60. The Balaban J connectivity index is 2.33. The van der Waals surface area contributed by atoms with Gasteiger partial charge in [0.1, 0.15) is 0 Å². The summed E-state index contributed by atoms with van der Waals surface area (Å²) >= 11 is 5.16. The number of benzene rings is 2. The molecule has 0 aliphatic rings. The molecule has 2 N–H and O–H groups in total. The highest BCUT2D eigenvalue weighted by molar-refractivity contribution is 9.10. The molecule has 0 saturated heterocycles. The summed E-state index contributed by atoms with van der Waals surface area (Å²) in [6.07, 6.45) is 2.06. The molecule has 0 amide bonds. The van der Waals surface area contributed by atoms with Gasteiger partial charge in [0.25, 0.3) is 0 Å². The first-order valence-corrected chi connectivity index (χ1v) is 7.79. The van der Waals surface area contributed by atoms with Crippen molar-refractivity contribution in [3.8, 4) is 5.69 Å². The third-order valence-corrected chi connectivity index (χ3v) is 4.25. The number of imidazole rings is 1. The summed E-state index contributed by atoms with van der Waals surface area (Å²) in [6, 6.07) is 14.2. The maximum absolute atomic E-state index is 6.09. The third-order valence-electron chi connectivity index (χ3n) is 2.97. The monoisotopic (exact) mass is 333 g/mol. The lowest BCUT2D eigenvalue weighted by molar-refractivity contribution is 1.07. The smallest absolute Gasteiger partial charge is 0.205 e. The van der Waals surface area contributed by atoms with Gasteiger partial charge in [-0.2, -0.15) is 0 Å². The van der Waals surface area contributed by atoms with E-state index in [0.717, 1.165) is 21.2 Å². The summed E-state index contributed by atoms with van der Waals surface area (Å²) in [5, 5.41) is 0. The van der Waals surface area contributed by atoms with Gasteiger partial charge in [-0.3, -0.25) is 4.57 Å². The van der Waals surface area contributed by atoms with Crippen LogP contribution in [0.25, 0.3) is 16.7 Å². The summed E-state index contributed by atoms with van der Waals surface area (Å²) in [5.74, 6) is 0.509. The highest BCUT2D eigenvalue weighted by Crippen LogP contribution is 2.30. The van der Waals surface area contributed by atoms with Crippen molar-refractivity contribution < 1.29 is 0 Å². The Morgan fingerprint density at radius 3 is 2.79 bits per heavy atom. The number of nitrogens with zero attached hydrogens (tertiary/aromatic N) is 2. The predicted molar refractivity (Wildman–Crippen MR) is 85.0 cm³/mol. The molecule has 0 aliphatic carbocycles. The van der Waals surface area contributed by atoms with Crippen molar-refractivity contribution in [3.63, 3.8) is 0 Å². The van der Waals surface area contributed by atoms with Crippen LogP contribution in [0.3, 0.4) is 0 Å². The van der Waals surface area contributed by atoms with Crippen LogP contribution < -0.4 is 5.73 Å². The molecule has 0 fully saturated rings. The molecule has 0 bridgehead atoms. The topological polar surface area (TPSA) is 43.8 Å². The molecular formula is C14H12BrN3S. The maximum atomic E-state index is 6.09. The van der Waals surface area contributed by atoms with Crippen LogP contribution in [0.15, 0.2) is 51.8 Å². The number of fused-ring (bicyclic) bond motifs is 1. The normalized spacial score (nSPS) is 11.1. The molecule has 0 saturated carbocycles. The largest absolute Gasteiger partial charge is 0.369 e. The predicted octanol–water partition coefficient (Wildman–Crippen LogP) is 4.09. The van der Waals surface area contributed by atoms with Gasteiger partial charge >= 0.3 is 0 Å². The first-order valence-electron chi connectivity index (χ1n) is 5.77. The molecule has 3 nitrogen and oxygen atoms in total. The summed E-state index contributed by atoms with van der Waals surface area (Å²) in [7, 11) is 0. The molecular weight excluding hydrogens is 322 g/mol. The molecule has 96 valence electrons. The molecule has 0 radical (unpaired) electrons. The fourth-order valence-corrected chi connectivity index (χ4v) is 3.07. The zero-order valence-corrected chi connectivity index (χ0v) is 12.7. The highest BCUT2D eigenvalue weighted by atomic mass is 79.9. The Morgan fingerprint density at radius 1 is 1.21 bits per heavy atom. The van der Waals surface area contributed by atoms with E-state index in [1.807, 2.05) is 34.9 Å². The van der Waals surface area contributed by atoms with E-state index in [1.54, 1.807) is 11.8 Å². The van der Waals surface area contributed by atoms with Gasteiger partial charge in [-0.1, -0.05) is 28.1 Å². The number of rotatable bonds is 2. The molecule has 5 heteroatoms. The Hall–Kier alpha value is -1.46. The number of hydrogen-bond acceptors (Lipinski definition) is 3. The minimum Gasteiger partial charge on any atom is -0.369 e. The van der Waals surface area contributed by atoms with Crippen LogP contribution in [0.4, 0.5) is 5.95 Å². The third kappa shape index (κ3) is 2.13. The van der Waals surface area contributed by atoms with Crippen molar-refractivity contribution in [2.45, 2.75) is 4.90 Å². The number of thioether (sulfide) groups is 1. The van der Waals surface area contributed by atoms with Gasteiger partial charge in [0.2, 0.25) is 5.95 Å². The minimum absolute atomic E-state index is 0.509. The first-order chi connectivity index (χ1) is 9.20. The quantitative estimate of drug-likeness (QED) is 0.718. The van der Waals surface area contributed by atoms with E-state index in [0.29, 0.717) is 5.95 Å². The number of para-hydroxylation sites is 1. The van der Waals surface area contributed by atoms with E-state index >= 15 is 0 Å². The molecule has 0 spiro atoms. The second kappa shape index (κ2) is 4.90. The zero-order chi connectivity index (χ0) is 13.4.